The monoisotopic (exact) mass is 349 g/mol. The van der Waals surface area contributed by atoms with Gasteiger partial charge in [-0.05, 0) is 42.5 Å². The van der Waals surface area contributed by atoms with Gasteiger partial charge in [-0.15, -0.1) is 0 Å². The minimum absolute atomic E-state index is 0.0268. The fraction of sp³-hybridized carbons (Fsp3) is 0. The number of hydrogen-bond acceptors (Lipinski definition) is 4. The molecule has 0 unspecified atom stereocenters. The van der Waals surface area contributed by atoms with E-state index in [1.54, 1.807) is 30.5 Å². The number of hydrogen-bond donors (Lipinski definition) is 0. The molecule has 4 rings (SSSR count). The van der Waals surface area contributed by atoms with Crippen molar-refractivity contribution in [3.05, 3.63) is 71.4 Å². The van der Waals surface area contributed by atoms with Crippen LogP contribution >= 0.6 is 11.6 Å². The van der Waals surface area contributed by atoms with Crippen molar-refractivity contribution in [3.63, 3.8) is 0 Å². The number of nitriles is 1. The number of fused-ring (bicyclic) bond motifs is 1. The Morgan fingerprint density at radius 2 is 2.00 bits per heavy atom. The van der Waals surface area contributed by atoms with Gasteiger partial charge in [-0.3, -0.25) is 4.98 Å². The van der Waals surface area contributed by atoms with Gasteiger partial charge in [-0.1, -0.05) is 11.6 Å². The van der Waals surface area contributed by atoms with Crippen LogP contribution < -0.4 is 0 Å². The fourth-order valence-corrected chi connectivity index (χ4v) is 2.76. The van der Waals surface area contributed by atoms with E-state index in [4.69, 9.17) is 16.9 Å². The van der Waals surface area contributed by atoms with Crippen LogP contribution in [0.1, 0.15) is 5.69 Å². The minimum atomic E-state index is -0.487. The predicted molar refractivity (Wildman–Crippen MR) is 91.3 cm³/mol. The zero-order chi connectivity index (χ0) is 17.4. The summed E-state index contributed by atoms with van der Waals surface area (Å²) in [7, 11) is 0. The number of benzene rings is 1. The second-order valence-corrected chi connectivity index (χ2v) is 5.68. The van der Waals surface area contributed by atoms with Crippen molar-refractivity contribution in [1.29, 1.82) is 5.26 Å². The number of pyridine rings is 1. The third kappa shape index (κ3) is 2.61. The van der Waals surface area contributed by atoms with Crippen LogP contribution in [-0.4, -0.2) is 19.6 Å². The van der Waals surface area contributed by atoms with Gasteiger partial charge in [0, 0.05) is 17.3 Å². The highest BCUT2D eigenvalue weighted by molar-refractivity contribution is 6.31. The molecule has 0 spiro atoms. The van der Waals surface area contributed by atoms with E-state index in [0.29, 0.717) is 28.3 Å². The van der Waals surface area contributed by atoms with Crippen LogP contribution in [0.2, 0.25) is 5.02 Å². The van der Waals surface area contributed by atoms with Crippen LogP contribution in [0.25, 0.3) is 28.2 Å². The summed E-state index contributed by atoms with van der Waals surface area (Å²) >= 11 is 5.90. The Bertz CT molecular complexity index is 1150. The van der Waals surface area contributed by atoms with Crippen molar-refractivity contribution in [1.82, 2.24) is 19.6 Å². The summed E-state index contributed by atoms with van der Waals surface area (Å²) in [4.78, 5) is 8.52. The first kappa shape index (κ1) is 15.2. The number of halogens is 2. The Hall–Kier alpha value is -3.30. The van der Waals surface area contributed by atoms with Crippen molar-refractivity contribution in [2.24, 2.45) is 0 Å². The van der Waals surface area contributed by atoms with Crippen LogP contribution in [0.15, 0.2) is 54.9 Å². The average Bonchev–Trinajstić information content (AvgIpc) is 3.06. The molecule has 0 aliphatic rings. The third-order valence-electron chi connectivity index (χ3n) is 3.75. The van der Waals surface area contributed by atoms with Crippen molar-refractivity contribution >= 4 is 17.2 Å². The molecular weight excluding hydrogens is 341 g/mol. The van der Waals surface area contributed by atoms with Crippen molar-refractivity contribution < 1.29 is 4.39 Å². The number of imidazole rings is 1. The molecule has 25 heavy (non-hydrogen) atoms. The summed E-state index contributed by atoms with van der Waals surface area (Å²) in [5.41, 5.74) is 3.57. The van der Waals surface area contributed by atoms with Gasteiger partial charge in [-0.2, -0.15) is 10.4 Å². The van der Waals surface area contributed by atoms with Crippen molar-refractivity contribution in [2.75, 3.05) is 0 Å². The first-order valence-corrected chi connectivity index (χ1v) is 7.71. The largest absolute Gasteiger partial charge is 0.256 e. The van der Waals surface area contributed by atoms with E-state index in [2.05, 4.69) is 21.1 Å². The minimum Gasteiger partial charge on any atom is -0.256 e. The SMILES string of the molecule is N#Cc1cnc2ccc(-c3cccnc3-c3ccc(F)c(Cl)c3)nn12. The summed E-state index contributed by atoms with van der Waals surface area (Å²) in [5, 5.41) is 13.7. The molecule has 0 atom stereocenters. The molecule has 7 heteroatoms. The standard InChI is InChI=1S/C18H9ClFN5/c19-14-8-11(3-4-15(14)20)18-13(2-1-7-22-18)16-5-6-17-23-10-12(9-21)25(17)24-16/h1-8,10H. The van der Waals surface area contributed by atoms with Gasteiger partial charge < -0.3 is 0 Å². The topological polar surface area (TPSA) is 66.9 Å². The molecule has 0 bridgehead atoms. The Balaban J connectivity index is 1.92. The zero-order valence-corrected chi connectivity index (χ0v) is 13.4. The Kier molecular flexibility index (Phi) is 3.64. The molecule has 0 fully saturated rings. The molecule has 1 aromatic carbocycles. The van der Waals surface area contributed by atoms with Crippen LogP contribution in [0.4, 0.5) is 4.39 Å². The highest BCUT2D eigenvalue weighted by Gasteiger charge is 2.13. The maximum atomic E-state index is 13.5. The van der Waals surface area contributed by atoms with Crippen molar-refractivity contribution in [3.8, 4) is 28.6 Å². The summed E-state index contributed by atoms with van der Waals surface area (Å²) in [5.74, 6) is -0.487. The highest BCUT2D eigenvalue weighted by Crippen LogP contribution is 2.31. The van der Waals surface area contributed by atoms with Gasteiger partial charge in [0.2, 0.25) is 0 Å². The normalized spacial score (nSPS) is 10.8. The molecule has 3 heterocycles. The molecule has 0 aliphatic carbocycles. The molecule has 0 radical (unpaired) electrons. The van der Waals surface area contributed by atoms with Crippen LogP contribution in [0.5, 0.6) is 0 Å². The Morgan fingerprint density at radius 3 is 2.80 bits per heavy atom. The average molecular weight is 350 g/mol. The van der Waals surface area contributed by atoms with E-state index in [1.807, 2.05) is 6.07 Å². The molecule has 5 nitrogen and oxygen atoms in total. The summed E-state index contributed by atoms with van der Waals surface area (Å²) in [6.07, 6.45) is 3.11. The molecule has 0 saturated carbocycles. The third-order valence-corrected chi connectivity index (χ3v) is 4.04. The second kappa shape index (κ2) is 5.96. The zero-order valence-electron chi connectivity index (χ0n) is 12.7. The molecule has 0 aliphatic heterocycles. The van der Waals surface area contributed by atoms with E-state index in [1.165, 1.54) is 22.8 Å². The van der Waals surface area contributed by atoms with Gasteiger partial charge in [0.25, 0.3) is 0 Å². The summed E-state index contributed by atoms with van der Waals surface area (Å²) in [6, 6.07) is 13.7. The van der Waals surface area contributed by atoms with Crippen LogP contribution in [0, 0.1) is 17.1 Å². The van der Waals surface area contributed by atoms with E-state index in [0.717, 1.165) is 5.56 Å². The smallest absolute Gasteiger partial charge is 0.162 e. The lowest BCUT2D eigenvalue weighted by atomic mass is 10.0. The molecule has 4 aromatic rings. The first-order valence-electron chi connectivity index (χ1n) is 7.33. The first-order chi connectivity index (χ1) is 12.2. The van der Waals surface area contributed by atoms with Gasteiger partial charge in [0.05, 0.1) is 22.6 Å². The van der Waals surface area contributed by atoms with Crippen LogP contribution in [-0.2, 0) is 0 Å². The van der Waals surface area contributed by atoms with E-state index in [-0.39, 0.29) is 5.02 Å². The number of nitrogens with zero attached hydrogens (tertiary/aromatic N) is 5. The lowest BCUT2D eigenvalue weighted by molar-refractivity contribution is 0.628. The van der Waals surface area contributed by atoms with Gasteiger partial charge >= 0.3 is 0 Å². The Morgan fingerprint density at radius 1 is 1.12 bits per heavy atom. The van der Waals surface area contributed by atoms with Gasteiger partial charge in [0.15, 0.2) is 11.3 Å². The molecule has 0 amide bonds. The molecule has 0 saturated heterocycles. The number of aromatic nitrogens is 4. The lowest BCUT2D eigenvalue weighted by Gasteiger charge is -2.09. The molecule has 120 valence electrons. The van der Waals surface area contributed by atoms with Crippen molar-refractivity contribution in [2.45, 2.75) is 0 Å². The maximum absolute atomic E-state index is 13.5. The predicted octanol–water partition coefficient (Wildman–Crippen LogP) is 4.12. The highest BCUT2D eigenvalue weighted by atomic mass is 35.5. The summed E-state index contributed by atoms with van der Waals surface area (Å²) in [6.45, 7) is 0. The second-order valence-electron chi connectivity index (χ2n) is 5.27. The molecular formula is C18H9ClFN5. The fourth-order valence-electron chi connectivity index (χ4n) is 2.58. The summed E-state index contributed by atoms with van der Waals surface area (Å²) < 4.78 is 14.9. The van der Waals surface area contributed by atoms with E-state index in [9.17, 15) is 4.39 Å². The Labute approximate surface area is 147 Å². The molecule has 3 aromatic heterocycles. The quantitative estimate of drug-likeness (QED) is 0.546. The van der Waals surface area contributed by atoms with Crippen LogP contribution in [0.3, 0.4) is 0 Å². The maximum Gasteiger partial charge on any atom is 0.162 e. The van der Waals surface area contributed by atoms with Gasteiger partial charge in [0.1, 0.15) is 11.9 Å². The lowest BCUT2D eigenvalue weighted by Crippen LogP contribution is -1.98. The van der Waals surface area contributed by atoms with Gasteiger partial charge in [-0.25, -0.2) is 13.9 Å². The molecule has 0 N–H and O–H groups in total. The van der Waals surface area contributed by atoms with E-state index >= 15 is 0 Å². The number of rotatable bonds is 2. The van der Waals surface area contributed by atoms with E-state index < -0.39 is 5.82 Å².